The SMILES string of the molecule is CCCC1CCCN1NC(=O)c1cc(COCC(C)(N)Cc2ccccc2)cc(C2(C#N)CCCC2)c1. The van der Waals surface area contributed by atoms with Gasteiger partial charge in [-0.1, -0.05) is 62.6 Å². The Bertz CT molecular complexity index is 1090. The zero-order valence-electron chi connectivity index (χ0n) is 22.5. The van der Waals surface area contributed by atoms with Gasteiger partial charge in [0.05, 0.1) is 24.7 Å². The molecular weight excluding hydrogens is 460 g/mol. The normalized spacial score (nSPS) is 20.9. The summed E-state index contributed by atoms with van der Waals surface area (Å²) in [6, 6.07) is 19.1. The molecule has 1 saturated heterocycles. The van der Waals surface area contributed by atoms with Crippen LogP contribution in [-0.4, -0.2) is 35.6 Å². The maximum Gasteiger partial charge on any atom is 0.265 e. The highest BCUT2D eigenvalue weighted by atomic mass is 16.5. The predicted octanol–water partition coefficient (Wildman–Crippen LogP) is 5.41. The van der Waals surface area contributed by atoms with Crippen LogP contribution in [0.1, 0.15) is 92.3 Å². The van der Waals surface area contributed by atoms with E-state index in [0.717, 1.165) is 69.0 Å². The van der Waals surface area contributed by atoms with Crippen LogP contribution in [0.3, 0.4) is 0 Å². The Morgan fingerprint density at radius 1 is 1.19 bits per heavy atom. The van der Waals surface area contributed by atoms with Crippen LogP contribution in [0, 0.1) is 11.3 Å². The standard InChI is InChI=1S/C31H42N4O2/c1-3-10-28-13-9-16-35(28)34-29(36)26-17-25(18-27(19-26)31(22-32)14-7-8-15-31)21-37-23-30(2,33)20-24-11-5-4-6-12-24/h4-6,11-12,17-19,28H,3,7-10,13-16,20-21,23,33H2,1-2H3,(H,34,36). The van der Waals surface area contributed by atoms with Crippen molar-refractivity contribution in [3.63, 3.8) is 0 Å². The molecule has 1 aliphatic heterocycles. The van der Waals surface area contributed by atoms with Crippen LogP contribution in [0.5, 0.6) is 0 Å². The number of nitrogens with one attached hydrogen (secondary N) is 1. The number of ether oxygens (including phenoxy) is 1. The average Bonchev–Trinajstić information content (AvgIpc) is 3.55. The third-order valence-corrected chi connectivity index (χ3v) is 7.87. The summed E-state index contributed by atoms with van der Waals surface area (Å²) in [5.74, 6) is -0.107. The molecule has 2 aliphatic rings. The summed E-state index contributed by atoms with van der Waals surface area (Å²) in [6.07, 6.45) is 8.85. The first-order valence-corrected chi connectivity index (χ1v) is 13.9. The van der Waals surface area contributed by atoms with Gasteiger partial charge in [0.15, 0.2) is 0 Å². The summed E-state index contributed by atoms with van der Waals surface area (Å²) >= 11 is 0. The van der Waals surface area contributed by atoms with Crippen molar-refractivity contribution in [3.05, 3.63) is 70.8 Å². The van der Waals surface area contributed by atoms with Crippen LogP contribution in [-0.2, 0) is 23.2 Å². The third-order valence-electron chi connectivity index (χ3n) is 7.87. The zero-order chi connectivity index (χ0) is 26.3. The molecular formula is C31H42N4O2. The summed E-state index contributed by atoms with van der Waals surface area (Å²) in [4.78, 5) is 13.4. The largest absolute Gasteiger partial charge is 0.375 e. The second-order valence-electron chi connectivity index (χ2n) is 11.3. The van der Waals surface area contributed by atoms with E-state index in [1.807, 2.05) is 37.3 Å². The highest BCUT2D eigenvalue weighted by molar-refractivity contribution is 5.94. The number of carbonyl (C=O) groups excluding carboxylic acids is 1. The van der Waals surface area contributed by atoms with Crippen molar-refractivity contribution < 1.29 is 9.53 Å². The number of carbonyl (C=O) groups is 1. The quantitative estimate of drug-likeness (QED) is 0.429. The first kappa shape index (κ1) is 27.3. The Morgan fingerprint density at radius 2 is 1.95 bits per heavy atom. The molecule has 2 fully saturated rings. The summed E-state index contributed by atoms with van der Waals surface area (Å²) in [5.41, 5.74) is 12.3. The van der Waals surface area contributed by atoms with Crippen molar-refractivity contribution in [1.82, 2.24) is 10.4 Å². The Balaban J connectivity index is 1.50. The molecule has 6 nitrogen and oxygen atoms in total. The Morgan fingerprint density at radius 3 is 2.65 bits per heavy atom. The molecule has 6 heteroatoms. The van der Waals surface area contributed by atoms with Crippen LogP contribution in [0.25, 0.3) is 0 Å². The minimum Gasteiger partial charge on any atom is -0.375 e. The van der Waals surface area contributed by atoms with Crippen molar-refractivity contribution in [2.24, 2.45) is 5.73 Å². The van der Waals surface area contributed by atoms with Crippen molar-refractivity contribution in [2.45, 2.75) is 95.2 Å². The van der Waals surface area contributed by atoms with Gasteiger partial charge in [-0.15, -0.1) is 0 Å². The van der Waals surface area contributed by atoms with Gasteiger partial charge in [-0.2, -0.15) is 5.26 Å². The Labute approximate surface area is 222 Å². The maximum absolute atomic E-state index is 13.4. The number of nitriles is 1. The van der Waals surface area contributed by atoms with Crippen molar-refractivity contribution >= 4 is 5.91 Å². The fourth-order valence-electron chi connectivity index (χ4n) is 5.95. The molecule has 1 saturated carbocycles. The molecule has 2 aromatic carbocycles. The molecule has 198 valence electrons. The van der Waals surface area contributed by atoms with E-state index in [9.17, 15) is 10.1 Å². The van der Waals surface area contributed by atoms with Gasteiger partial charge in [-0.25, -0.2) is 5.01 Å². The molecule has 0 bridgehead atoms. The maximum atomic E-state index is 13.4. The van der Waals surface area contributed by atoms with E-state index in [2.05, 4.69) is 41.6 Å². The highest BCUT2D eigenvalue weighted by Crippen LogP contribution is 2.41. The topological polar surface area (TPSA) is 91.4 Å². The number of nitrogens with two attached hydrogens (primary N) is 1. The summed E-state index contributed by atoms with van der Waals surface area (Å²) in [6.45, 7) is 5.80. The van der Waals surface area contributed by atoms with Gasteiger partial charge in [0.2, 0.25) is 0 Å². The number of rotatable bonds is 11. The van der Waals surface area contributed by atoms with Gasteiger partial charge in [0.25, 0.3) is 5.91 Å². The van der Waals surface area contributed by atoms with E-state index in [-0.39, 0.29) is 5.91 Å². The number of hydrazine groups is 1. The molecule has 3 N–H and O–H groups in total. The van der Waals surface area contributed by atoms with Gasteiger partial charge in [0, 0.05) is 23.7 Å². The molecule has 1 amide bonds. The first-order chi connectivity index (χ1) is 17.8. The molecule has 4 rings (SSSR count). The first-order valence-electron chi connectivity index (χ1n) is 13.9. The van der Waals surface area contributed by atoms with Gasteiger partial charge < -0.3 is 10.5 Å². The average molecular weight is 503 g/mol. The Hall–Kier alpha value is -2.72. The fourth-order valence-corrected chi connectivity index (χ4v) is 5.95. The fraction of sp³-hybridized carbons (Fsp3) is 0.548. The molecule has 0 aromatic heterocycles. The van der Waals surface area contributed by atoms with E-state index in [4.69, 9.17) is 10.5 Å². The van der Waals surface area contributed by atoms with E-state index < -0.39 is 11.0 Å². The lowest BCUT2D eigenvalue weighted by molar-refractivity contribution is 0.0749. The molecule has 2 unspecified atom stereocenters. The smallest absolute Gasteiger partial charge is 0.265 e. The second-order valence-corrected chi connectivity index (χ2v) is 11.3. The molecule has 37 heavy (non-hydrogen) atoms. The molecule has 1 heterocycles. The molecule has 2 atom stereocenters. The van der Waals surface area contributed by atoms with Crippen LogP contribution in [0.4, 0.5) is 0 Å². The minimum absolute atomic E-state index is 0.107. The molecule has 0 spiro atoms. The van der Waals surface area contributed by atoms with Crippen LogP contribution in [0.15, 0.2) is 48.5 Å². The lowest BCUT2D eigenvalue weighted by Gasteiger charge is -2.27. The van der Waals surface area contributed by atoms with Gasteiger partial charge in [0.1, 0.15) is 0 Å². The monoisotopic (exact) mass is 502 g/mol. The molecule has 0 radical (unpaired) electrons. The summed E-state index contributed by atoms with van der Waals surface area (Å²) in [5, 5.41) is 12.2. The lowest BCUT2D eigenvalue weighted by Crippen LogP contribution is -2.45. The minimum atomic E-state index is -0.529. The Kier molecular flexibility index (Phi) is 9.02. The molecule has 1 aliphatic carbocycles. The van der Waals surface area contributed by atoms with Gasteiger partial charge in [-0.05, 0) is 74.3 Å². The predicted molar refractivity (Wildman–Crippen MR) is 147 cm³/mol. The third kappa shape index (κ3) is 6.98. The van der Waals surface area contributed by atoms with Gasteiger partial charge >= 0.3 is 0 Å². The summed E-state index contributed by atoms with van der Waals surface area (Å²) < 4.78 is 6.11. The number of nitrogens with zero attached hydrogens (tertiary/aromatic N) is 2. The van der Waals surface area contributed by atoms with Crippen LogP contribution in [0.2, 0.25) is 0 Å². The van der Waals surface area contributed by atoms with Crippen molar-refractivity contribution in [2.75, 3.05) is 13.2 Å². The van der Waals surface area contributed by atoms with Crippen molar-refractivity contribution in [1.29, 1.82) is 5.26 Å². The van der Waals surface area contributed by atoms with E-state index in [0.29, 0.717) is 31.2 Å². The number of amides is 1. The number of benzene rings is 2. The van der Waals surface area contributed by atoms with E-state index in [1.165, 1.54) is 5.56 Å². The highest BCUT2D eigenvalue weighted by Gasteiger charge is 2.37. The van der Waals surface area contributed by atoms with Crippen LogP contribution < -0.4 is 11.2 Å². The lowest BCUT2D eigenvalue weighted by atomic mass is 9.79. The number of hydrogen-bond donors (Lipinski definition) is 2. The van der Waals surface area contributed by atoms with Crippen LogP contribution >= 0.6 is 0 Å². The zero-order valence-corrected chi connectivity index (χ0v) is 22.5. The van der Waals surface area contributed by atoms with E-state index >= 15 is 0 Å². The van der Waals surface area contributed by atoms with Gasteiger partial charge in [-0.3, -0.25) is 10.2 Å². The van der Waals surface area contributed by atoms with E-state index in [1.54, 1.807) is 0 Å². The summed E-state index contributed by atoms with van der Waals surface area (Å²) in [7, 11) is 0. The molecule has 2 aromatic rings. The van der Waals surface area contributed by atoms with Crippen molar-refractivity contribution in [3.8, 4) is 6.07 Å². The number of hydrogen-bond acceptors (Lipinski definition) is 5. The second kappa shape index (κ2) is 12.2.